The van der Waals surface area contributed by atoms with Crippen LogP contribution in [0.1, 0.15) is 10.4 Å². The zero-order chi connectivity index (χ0) is 20.4. The number of carbonyl (C=O) groups is 1. The van der Waals surface area contributed by atoms with Gasteiger partial charge >= 0.3 is 0 Å². The summed E-state index contributed by atoms with van der Waals surface area (Å²) in [6.07, 6.45) is 0. The molecule has 1 heterocycles. The third kappa shape index (κ3) is 3.92. The maximum atomic E-state index is 12.7. The van der Waals surface area contributed by atoms with Crippen molar-refractivity contribution in [3.63, 3.8) is 0 Å². The second-order valence-electron chi connectivity index (χ2n) is 6.21. The first-order chi connectivity index (χ1) is 14.0. The van der Waals surface area contributed by atoms with Crippen molar-refractivity contribution in [3.05, 3.63) is 93.3 Å². The quantitative estimate of drug-likeness (QED) is 0.364. The lowest BCUT2D eigenvalue weighted by Gasteiger charge is -2.06. The maximum Gasteiger partial charge on any atom is 0.279 e. The fourth-order valence-electron chi connectivity index (χ4n) is 2.81. The highest BCUT2D eigenvalue weighted by Crippen LogP contribution is 2.24. The molecule has 3 aromatic carbocycles. The normalized spacial score (nSPS) is 11.6. The molecule has 0 spiro atoms. The van der Waals surface area contributed by atoms with Crippen LogP contribution in [0.4, 0.5) is 5.69 Å². The van der Waals surface area contributed by atoms with Crippen molar-refractivity contribution in [1.29, 1.82) is 0 Å². The van der Waals surface area contributed by atoms with Gasteiger partial charge in [0.15, 0.2) is 4.80 Å². The molecule has 0 aliphatic rings. The van der Waals surface area contributed by atoms with Crippen LogP contribution in [0.5, 0.6) is 11.5 Å². The van der Waals surface area contributed by atoms with Crippen molar-refractivity contribution < 1.29 is 14.5 Å². The summed E-state index contributed by atoms with van der Waals surface area (Å²) in [5.41, 5.74) is 1.16. The molecule has 0 saturated heterocycles. The number of ether oxygens (including phenoxy) is 1. The topological polar surface area (TPSA) is 86.7 Å². The molecular formula is C21H15N3O4S. The molecule has 1 amide bonds. The Kier molecular flexibility index (Phi) is 4.92. The Balaban J connectivity index is 1.66. The molecule has 0 N–H and O–H groups in total. The molecule has 4 rings (SSSR count). The summed E-state index contributed by atoms with van der Waals surface area (Å²) in [5.74, 6) is 0.792. The minimum Gasteiger partial charge on any atom is -0.457 e. The predicted molar refractivity (Wildman–Crippen MR) is 110 cm³/mol. The standard InChI is InChI=1S/C21H15N3O4S/c1-23-18-11-10-15(24(26)27)13-19(18)29-21(23)22-20(25)14-6-5-9-17(12-14)28-16-7-3-2-4-8-16/h2-13H,1H3. The van der Waals surface area contributed by atoms with Crippen molar-refractivity contribution >= 4 is 33.1 Å². The summed E-state index contributed by atoms with van der Waals surface area (Å²) in [7, 11) is 1.77. The molecule has 0 bridgehead atoms. The number of non-ortho nitro benzene ring substituents is 1. The summed E-state index contributed by atoms with van der Waals surface area (Å²) in [6, 6.07) is 20.7. The molecule has 0 radical (unpaired) electrons. The van der Waals surface area contributed by atoms with E-state index in [1.807, 2.05) is 30.3 Å². The number of para-hydroxylation sites is 1. The number of nitro benzene ring substituents is 1. The third-order valence-corrected chi connectivity index (χ3v) is 5.36. The summed E-state index contributed by atoms with van der Waals surface area (Å²) in [5, 5.41) is 11.0. The van der Waals surface area contributed by atoms with Gasteiger partial charge in [-0.25, -0.2) is 0 Å². The van der Waals surface area contributed by atoms with E-state index in [9.17, 15) is 14.9 Å². The molecule has 0 saturated carbocycles. The average molecular weight is 405 g/mol. The maximum absolute atomic E-state index is 12.7. The van der Waals surface area contributed by atoms with E-state index in [0.717, 1.165) is 5.52 Å². The largest absolute Gasteiger partial charge is 0.457 e. The number of nitro groups is 1. The van der Waals surface area contributed by atoms with Crippen LogP contribution in [-0.4, -0.2) is 15.4 Å². The van der Waals surface area contributed by atoms with Gasteiger partial charge in [-0.05, 0) is 36.4 Å². The first kappa shape index (κ1) is 18.6. The lowest BCUT2D eigenvalue weighted by Crippen LogP contribution is -2.13. The Morgan fingerprint density at radius 3 is 2.55 bits per heavy atom. The summed E-state index contributed by atoms with van der Waals surface area (Å²) in [4.78, 5) is 27.9. The van der Waals surface area contributed by atoms with E-state index in [4.69, 9.17) is 4.74 Å². The van der Waals surface area contributed by atoms with Gasteiger partial charge in [0.25, 0.3) is 11.6 Å². The Hall–Kier alpha value is -3.78. The second-order valence-corrected chi connectivity index (χ2v) is 7.22. The summed E-state index contributed by atoms with van der Waals surface area (Å²) < 4.78 is 8.20. The number of amides is 1. The number of rotatable bonds is 4. The van der Waals surface area contributed by atoms with Gasteiger partial charge in [-0.2, -0.15) is 4.99 Å². The predicted octanol–water partition coefficient (Wildman–Crippen LogP) is 4.68. The van der Waals surface area contributed by atoms with Crippen LogP contribution >= 0.6 is 11.3 Å². The van der Waals surface area contributed by atoms with Gasteiger partial charge in [-0.1, -0.05) is 35.6 Å². The monoisotopic (exact) mass is 405 g/mol. The summed E-state index contributed by atoms with van der Waals surface area (Å²) >= 11 is 1.23. The van der Waals surface area contributed by atoms with Crippen molar-refractivity contribution in [2.45, 2.75) is 0 Å². The molecule has 0 fully saturated rings. The smallest absolute Gasteiger partial charge is 0.279 e. The molecule has 7 nitrogen and oxygen atoms in total. The first-order valence-electron chi connectivity index (χ1n) is 8.67. The molecule has 0 aliphatic heterocycles. The van der Waals surface area contributed by atoms with E-state index in [-0.39, 0.29) is 5.69 Å². The van der Waals surface area contributed by atoms with Crippen LogP contribution < -0.4 is 9.54 Å². The molecule has 1 aromatic heterocycles. The molecular weight excluding hydrogens is 390 g/mol. The zero-order valence-corrected chi connectivity index (χ0v) is 16.1. The van der Waals surface area contributed by atoms with E-state index in [1.165, 1.54) is 23.5 Å². The number of fused-ring (bicyclic) bond motifs is 1. The zero-order valence-electron chi connectivity index (χ0n) is 15.3. The van der Waals surface area contributed by atoms with E-state index < -0.39 is 10.8 Å². The number of benzene rings is 3. The molecule has 4 aromatic rings. The number of nitrogens with zero attached hydrogens (tertiary/aromatic N) is 3. The average Bonchev–Trinajstić information content (AvgIpc) is 3.03. The Bertz CT molecular complexity index is 1290. The SMILES string of the molecule is Cn1c(=NC(=O)c2cccc(Oc3ccccc3)c2)sc2cc([N+](=O)[O-])ccc21. The van der Waals surface area contributed by atoms with Gasteiger partial charge in [0.1, 0.15) is 11.5 Å². The van der Waals surface area contributed by atoms with E-state index in [1.54, 1.807) is 41.9 Å². The summed E-state index contributed by atoms with van der Waals surface area (Å²) in [6.45, 7) is 0. The van der Waals surface area contributed by atoms with E-state index in [0.29, 0.717) is 26.6 Å². The van der Waals surface area contributed by atoms with Crippen LogP contribution in [-0.2, 0) is 7.05 Å². The second kappa shape index (κ2) is 7.69. The van der Waals surface area contributed by atoms with Crippen LogP contribution in [0.3, 0.4) is 0 Å². The number of aryl methyl sites for hydroxylation is 1. The molecule has 0 unspecified atom stereocenters. The Morgan fingerprint density at radius 2 is 1.79 bits per heavy atom. The number of hydrogen-bond donors (Lipinski definition) is 0. The molecule has 0 atom stereocenters. The minimum atomic E-state index is -0.445. The van der Waals surface area contributed by atoms with Crippen LogP contribution in [0.15, 0.2) is 77.8 Å². The lowest BCUT2D eigenvalue weighted by molar-refractivity contribution is -0.384. The lowest BCUT2D eigenvalue weighted by atomic mass is 10.2. The van der Waals surface area contributed by atoms with E-state index in [2.05, 4.69) is 4.99 Å². The highest BCUT2D eigenvalue weighted by atomic mass is 32.1. The molecule has 0 aliphatic carbocycles. The van der Waals surface area contributed by atoms with Gasteiger partial charge in [-0.3, -0.25) is 14.9 Å². The van der Waals surface area contributed by atoms with Gasteiger partial charge in [0, 0.05) is 24.7 Å². The Morgan fingerprint density at radius 1 is 1.03 bits per heavy atom. The van der Waals surface area contributed by atoms with Crippen molar-refractivity contribution in [3.8, 4) is 11.5 Å². The minimum absolute atomic E-state index is 0.00277. The molecule has 29 heavy (non-hydrogen) atoms. The van der Waals surface area contributed by atoms with Crippen LogP contribution in [0.2, 0.25) is 0 Å². The van der Waals surface area contributed by atoms with Crippen LogP contribution in [0, 0.1) is 10.1 Å². The number of carbonyl (C=O) groups excluding carboxylic acids is 1. The van der Waals surface area contributed by atoms with Crippen molar-refractivity contribution in [2.24, 2.45) is 12.0 Å². The van der Waals surface area contributed by atoms with Crippen molar-refractivity contribution in [2.75, 3.05) is 0 Å². The number of aromatic nitrogens is 1. The number of hydrogen-bond acceptors (Lipinski definition) is 5. The Labute approximate surface area is 169 Å². The van der Waals surface area contributed by atoms with E-state index >= 15 is 0 Å². The van der Waals surface area contributed by atoms with Gasteiger partial charge in [0.2, 0.25) is 0 Å². The van der Waals surface area contributed by atoms with Crippen molar-refractivity contribution in [1.82, 2.24) is 4.57 Å². The third-order valence-electron chi connectivity index (χ3n) is 4.26. The number of thiazole rings is 1. The fourth-order valence-corrected chi connectivity index (χ4v) is 3.86. The van der Waals surface area contributed by atoms with Crippen LogP contribution in [0.25, 0.3) is 10.2 Å². The van der Waals surface area contributed by atoms with Gasteiger partial charge in [0.05, 0.1) is 15.1 Å². The van der Waals surface area contributed by atoms with Gasteiger partial charge in [-0.15, -0.1) is 0 Å². The molecule has 144 valence electrons. The highest BCUT2D eigenvalue weighted by molar-refractivity contribution is 7.16. The molecule has 8 heteroatoms. The highest BCUT2D eigenvalue weighted by Gasteiger charge is 2.12. The van der Waals surface area contributed by atoms with Gasteiger partial charge < -0.3 is 9.30 Å². The first-order valence-corrected chi connectivity index (χ1v) is 9.49. The fraction of sp³-hybridized carbons (Fsp3) is 0.0476.